The highest BCUT2D eigenvalue weighted by Crippen LogP contribution is 2.31. The molecule has 1 rings (SSSR count). The van der Waals surface area contributed by atoms with Crippen molar-refractivity contribution in [1.29, 1.82) is 0 Å². The highest BCUT2D eigenvalue weighted by Gasteiger charge is 2.05. The molecule has 1 nitrogen and oxygen atoms in total. The Kier molecular flexibility index (Phi) is 4.30. The van der Waals surface area contributed by atoms with Crippen LogP contribution >= 0.6 is 21.6 Å². The third kappa shape index (κ3) is 2.97. The van der Waals surface area contributed by atoms with Gasteiger partial charge in [0.2, 0.25) is 0 Å². The van der Waals surface area contributed by atoms with Crippen molar-refractivity contribution in [3.05, 3.63) is 0 Å². The van der Waals surface area contributed by atoms with Crippen molar-refractivity contribution >= 4 is 26.6 Å². The Bertz CT molecular complexity index is 123. The minimum absolute atomic E-state index is 0.978. The number of hydrogen-bond donors (Lipinski definition) is 0. The van der Waals surface area contributed by atoms with E-state index in [1.54, 1.807) is 0 Å². The lowest BCUT2D eigenvalue weighted by molar-refractivity contribution is 0.745. The molecule has 3 heteroatoms. The molecule has 0 atom stereocenters. The summed E-state index contributed by atoms with van der Waals surface area (Å²) in [7, 11) is 3.71. The van der Waals surface area contributed by atoms with Gasteiger partial charge in [-0.3, -0.25) is 4.99 Å². The predicted octanol–water partition coefficient (Wildman–Crippen LogP) is 3.32. The van der Waals surface area contributed by atoms with Gasteiger partial charge in [-0.2, -0.15) is 0 Å². The number of nitrogens with zero attached hydrogens (tertiary/aromatic N) is 1. The van der Waals surface area contributed by atoms with Gasteiger partial charge in [-0.05, 0) is 23.6 Å². The molecule has 58 valence electrons. The molecule has 0 saturated heterocycles. The van der Waals surface area contributed by atoms with Crippen molar-refractivity contribution in [2.24, 2.45) is 4.99 Å². The topological polar surface area (TPSA) is 12.4 Å². The van der Waals surface area contributed by atoms with Crippen LogP contribution in [0.4, 0.5) is 0 Å². The smallest absolute Gasteiger partial charge is 0.0960 e. The second-order valence-electron chi connectivity index (χ2n) is 2.34. The average Bonchev–Trinajstić information content (AvgIpc) is 2.41. The van der Waals surface area contributed by atoms with E-state index in [-0.39, 0.29) is 0 Å². The van der Waals surface area contributed by atoms with E-state index >= 15 is 0 Å². The lowest BCUT2D eigenvalue weighted by atomic mass is 10.2. The molecular weight excluding hydrogens is 162 g/mol. The Labute approximate surface area is 70.5 Å². The van der Waals surface area contributed by atoms with Gasteiger partial charge in [-0.25, -0.2) is 0 Å². The van der Waals surface area contributed by atoms with Crippen LogP contribution in [-0.2, 0) is 0 Å². The minimum Gasteiger partial charge on any atom is -0.270 e. The number of aliphatic imine (C=N–C) groups is 1. The first-order valence-electron chi connectivity index (χ1n) is 3.76. The molecule has 10 heavy (non-hydrogen) atoms. The summed E-state index contributed by atoms with van der Waals surface area (Å²) in [4.78, 5) is 4.35. The Morgan fingerprint density at radius 3 is 3.00 bits per heavy atom. The van der Waals surface area contributed by atoms with Gasteiger partial charge < -0.3 is 0 Å². The van der Waals surface area contributed by atoms with Gasteiger partial charge in [-0.15, -0.1) is 0 Å². The largest absolute Gasteiger partial charge is 0.270 e. The lowest BCUT2D eigenvalue weighted by Gasteiger charge is -1.95. The summed E-state index contributed by atoms with van der Waals surface area (Å²) in [5.74, 6) is 0.978. The van der Waals surface area contributed by atoms with Crippen molar-refractivity contribution < 1.29 is 0 Å². The van der Waals surface area contributed by atoms with Crippen molar-refractivity contribution in [3.8, 4) is 0 Å². The Morgan fingerprint density at radius 1 is 1.50 bits per heavy atom. The maximum atomic E-state index is 4.35. The first-order valence-corrected chi connectivity index (χ1v) is 6.08. The minimum atomic E-state index is 0.978. The average molecular weight is 175 g/mol. The van der Waals surface area contributed by atoms with Gasteiger partial charge in [0.25, 0.3) is 0 Å². The summed E-state index contributed by atoms with van der Waals surface area (Å²) in [6.45, 7) is 2.23. The van der Waals surface area contributed by atoms with Gasteiger partial charge in [0, 0.05) is 0 Å². The Morgan fingerprint density at radius 2 is 2.40 bits per heavy atom. The molecule has 0 bridgehead atoms. The highest BCUT2D eigenvalue weighted by atomic mass is 33.1. The van der Waals surface area contributed by atoms with Gasteiger partial charge in [0.1, 0.15) is 0 Å². The van der Waals surface area contributed by atoms with E-state index in [0.29, 0.717) is 0 Å². The molecule has 0 fully saturated rings. The molecule has 0 aromatic rings. The molecule has 1 aliphatic heterocycles. The monoisotopic (exact) mass is 175 g/mol. The summed E-state index contributed by atoms with van der Waals surface area (Å²) < 4.78 is 0. The van der Waals surface area contributed by atoms with Gasteiger partial charge in [-0.1, -0.05) is 30.6 Å². The molecule has 0 spiro atoms. The highest BCUT2D eigenvalue weighted by molar-refractivity contribution is 8.82. The van der Waals surface area contributed by atoms with Crippen LogP contribution in [0.2, 0.25) is 0 Å². The lowest BCUT2D eigenvalue weighted by Crippen LogP contribution is -1.86. The molecule has 0 aromatic heterocycles. The normalized spacial score (nSPS) is 17.5. The zero-order chi connectivity index (χ0) is 7.23. The maximum Gasteiger partial charge on any atom is 0.0960 e. The molecule has 1 aliphatic rings. The van der Waals surface area contributed by atoms with Crippen LogP contribution in [0.1, 0.15) is 32.6 Å². The quantitative estimate of drug-likeness (QED) is 0.480. The summed E-state index contributed by atoms with van der Waals surface area (Å²) in [6, 6.07) is 0. The second-order valence-corrected chi connectivity index (χ2v) is 4.68. The van der Waals surface area contributed by atoms with Crippen molar-refractivity contribution in [3.63, 3.8) is 0 Å². The predicted molar refractivity (Wildman–Crippen MR) is 51.6 cm³/mol. The summed E-state index contributed by atoms with van der Waals surface area (Å²) in [5, 5.41) is 1.36. The number of hydrogen-bond acceptors (Lipinski definition) is 3. The first kappa shape index (κ1) is 8.47. The van der Waals surface area contributed by atoms with E-state index in [2.05, 4.69) is 11.9 Å². The number of unbranched alkanes of at least 4 members (excludes halogenated alkanes) is 2. The molecule has 0 saturated carbocycles. The fourth-order valence-corrected chi connectivity index (χ4v) is 2.82. The summed E-state index contributed by atoms with van der Waals surface area (Å²) >= 11 is 0. The van der Waals surface area contributed by atoms with Gasteiger partial charge >= 0.3 is 0 Å². The summed E-state index contributed by atoms with van der Waals surface area (Å²) in [5.41, 5.74) is 0. The maximum absolute atomic E-state index is 4.35. The second kappa shape index (κ2) is 5.08. The Balaban J connectivity index is 2.01. The van der Waals surface area contributed by atoms with E-state index < -0.39 is 0 Å². The molecule has 0 amide bonds. The fourth-order valence-electron chi connectivity index (χ4n) is 0.866. The molecular formula is C7H13NS2. The SMILES string of the molecule is CCCCCC1=NCSS1. The zero-order valence-corrected chi connectivity index (χ0v) is 7.93. The molecule has 0 radical (unpaired) electrons. The van der Waals surface area contributed by atoms with E-state index in [4.69, 9.17) is 0 Å². The van der Waals surface area contributed by atoms with Crippen molar-refractivity contribution in [2.45, 2.75) is 32.6 Å². The van der Waals surface area contributed by atoms with Crippen molar-refractivity contribution in [2.75, 3.05) is 5.88 Å². The standard InChI is InChI=1S/C7H13NS2/c1-2-3-4-5-7-8-6-9-10-7/h2-6H2,1H3. The van der Waals surface area contributed by atoms with Gasteiger partial charge in [0.05, 0.1) is 10.9 Å². The van der Waals surface area contributed by atoms with Crippen LogP contribution in [0, 0.1) is 0 Å². The van der Waals surface area contributed by atoms with Crippen LogP contribution in [0.5, 0.6) is 0 Å². The Hall–Kier alpha value is 0.370. The third-order valence-electron chi connectivity index (χ3n) is 1.44. The van der Waals surface area contributed by atoms with Gasteiger partial charge in [0.15, 0.2) is 0 Å². The molecule has 0 aliphatic carbocycles. The van der Waals surface area contributed by atoms with Crippen LogP contribution in [0.15, 0.2) is 4.99 Å². The van der Waals surface area contributed by atoms with Crippen LogP contribution < -0.4 is 0 Å². The van der Waals surface area contributed by atoms with Crippen LogP contribution in [0.25, 0.3) is 0 Å². The summed E-state index contributed by atoms with van der Waals surface area (Å²) in [6.07, 6.45) is 5.20. The molecule has 0 unspecified atom stereocenters. The zero-order valence-electron chi connectivity index (χ0n) is 6.30. The van der Waals surface area contributed by atoms with E-state index in [1.165, 1.54) is 30.7 Å². The van der Waals surface area contributed by atoms with Crippen molar-refractivity contribution in [1.82, 2.24) is 0 Å². The van der Waals surface area contributed by atoms with E-state index in [9.17, 15) is 0 Å². The number of rotatable bonds is 4. The molecule has 1 heterocycles. The van der Waals surface area contributed by atoms with E-state index in [1.807, 2.05) is 21.6 Å². The molecule has 0 aromatic carbocycles. The third-order valence-corrected chi connectivity index (χ3v) is 3.57. The van der Waals surface area contributed by atoms with Crippen LogP contribution in [-0.4, -0.2) is 10.9 Å². The van der Waals surface area contributed by atoms with E-state index in [0.717, 1.165) is 5.88 Å². The van der Waals surface area contributed by atoms with Crippen LogP contribution in [0.3, 0.4) is 0 Å². The first-order chi connectivity index (χ1) is 4.93. The molecule has 0 N–H and O–H groups in total. The fraction of sp³-hybridized carbons (Fsp3) is 0.857.